The first-order valence-corrected chi connectivity index (χ1v) is 12.9. The summed E-state index contributed by atoms with van der Waals surface area (Å²) in [5, 5.41) is 4.48. The van der Waals surface area contributed by atoms with Crippen LogP contribution in [-0.2, 0) is 19.5 Å². The molecule has 38 heavy (non-hydrogen) atoms. The lowest BCUT2D eigenvalue weighted by atomic mass is 10.0. The molecule has 1 aliphatic rings. The Hall–Kier alpha value is -3.41. The van der Waals surface area contributed by atoms with Crippen molar-refractivity contribution in [2.45, 2.75) is 19.5 Å². The molecule has 0 fully saturated rings. The summed E-state index contributed by atoms with van der Waals surface area (Å²) in [6.07, 6.45) is 4.51. The Balaban J connectivity index is 1.39. The molecule has 192 valence electrons. The SMILES string of the molecule is [C-]#[N+]c1ccc2c3c(n(C(=O)NCc4cc(Cl)nc(Cl)c4)c2c1)CCN(C/C=C/c1ccc(Cl)c(F)c1)C3. The molecular weight excluding hydrogens is 548 g/mol. The number of nitrogens with zero attached hydrogens (tertiary/aromatic N) is 4. The largest absolute Gasteiger partial charge is 0.333 e. The van der Waals surface area contributed by atoms with Crippen LogP contribution in [0.4, 0.5) is 14.9 Å². The van der Waals surface area contributed by atoms with Gasteiger partial charge in [-0.2, -0.15) is 0 Å². The van der Waals surface area contributed by atoms with Crippen molar-refractivity contribution in [3.63, 3.8) is 0 Å². The third-order valence-electron chi connectivity index (χ3n) is 6.43. The second kappa shape index (κ2) is 11.1. The number of hydrogen-bond donors (Lipinski definition) is 1. The second-order valence-electron chi connectivity index (χ2n) is 8.91. The molecule has 1 amide bonds. The quantitative estimate of drug-likeness (QED) is 0.200. The zero-order valence-electron chi connectivity index (χ0n) is 20.0. The van der Waals surface area contributed by atoms with Gasteiger partial charge in [0.05, 0.1) is 11.6 Å². The number of nitrogens with one attached hydrogen (secondary N) is 1. The van der Waals surface area contributed by atoms with E-state index in [1.165, 1.54) is 6.07 Å². The van der Waals surface area contributed by atoms with Gasteiger partial charge in [0, 0.05) is 49.2 Å². The fourth-order valence-corrected chi connectivity index (χ4v) is 5.31. The average molecular weight is 569 g/mol. The normalized spacial score (nSPS) is 13.6. The predicted octanol–water partition coefficient (Wildman–Crippen LogP) is 7.52. The van der Waals surface area contributed by atoms with Gasteiger partial charge in [-0.1, -0.05) is 65.2 Å². The van der Waals surface area contributed by atoms with Gasteiger partial charge in [-0.15, -0.1) is 0 Å². The Kier molecular flexibility index (Phi) is 7.68. The first kappa shape index (κ1) is 26.2. The molecule has 0 aliphatic carbocycles. The van der Waals surface area contributed by atoms with E-state index >= 15 is 0 Å². The van der Waals surface area contributed by atoms with Gasteiger partial charge in [0.15, 0.2) is 5.69 Å². The minimum absolute atomic E-state index is 0.0980. The van der Waals surface area contributed by atoms with Gasteiger partial charge in [-0.3, -0.25) is 9.47 Å². The van der Waals surface area contributed by atoms with Crippen LogP contribution in [0.1, 0.15) is 22.4 Å². The maximum atomic E-state index is 13.7. The van der Waals surface area contributed by atoms with Crippen LogP contribution in [0.25, 0.3) is 21.8 Å². The fraction of sp³-hybridized carbons (Fsp3) is 0.179. The zero-order valence-corrected chi connectivity index (χ0v) is 22.3. The summed E-state index contributed by atoms with van der Waals surface area (Å²) in [5.41, 5.74) is 4.60. The Bertz CT molecular complexity index is 1610. The van der Waals surface area contributed by atoms with Crippen molar-refractivity contribution >= 4 is 63.5 Å². The van der Waals surface area contributed by atoms with Gasteiger partial charge < -0.3 is 5.32 Å². The van der Waals surface area contributed by atoms with Crippen molar-refractivity contribution in [1.29, 1.82) is 0 Å². The smallest absolute Gasteiger partial charge is 0.326 e. The third-order valence-corrected chi connectivity index (χ3v) is 7.12. The number of hydrogen-bond acceptors (Lipinski definition) is 3. The fourth-order valence-electron chi connectivity index (χ4n) is 4.69. The van der Waals surface area contributed by atoms with Crippen LogP contribution in [0.2, 0.25) is 15.3 Å². The highest BCUT2D eigenvalue weighted by atomic mass is 35.5. The highest BCUT2D eigenvalue weighted by molar-refractivity contribution is 6.32. The van der Waals surface area contributed by atoms with E-state index in [0.717, 1.165) is 34.3 Å². The molecule has 2 aromatic carbocycles. The minimum atomic E-state index is -0.448. The zero-order chi connectivity index (χ0) is 26.8. The summed E-state index contributed by atoms with van der Waals surface area (Å²) in [6, 6.07) is 13.2. The van der Waals surface area contributed by atoms with E-state index in [0.29, 0.717) is 30.7 Å². The highest BCUT2D eigenvalue weighted by Crippen LogP contribution is 2.33. The van der Waals surface area contributed by atoms with Crippen LogP contribution in [0.3, 0.4) is 0 Å². The Morgan fingerprint density at radius 3 is 2.66 bits per heavy atom. The summed E-state index contributed by atoms with van der Waals surface area (Å²) in [4.78, 5) is 23.2. The number of benzene rings is 2. The first-order chi connectivity index (χ1) is 18.3. The molecule has 5 rings (SSSR count). The van der Waals surface area contributed by atoms with Crippen LogP contribution in [0.5, 0.6) is 0 Å². The number of carbonyl (C=O) groups excluding carboxylic acids is 1. The molecule has 0 radical (unpaired) electrons. The Morgan fingerprint density at radius 2 is 1.92 bits per heavy atom. The molecule has 0 atom stereocenters. The van der Waals surface area contributed by atoms with Crippen molar-refractivity contribution < 1.29 is 9.18 Å². The number of aromatic nitrogens is 2. The van der Waals surface area contributed by atoms with Gasteiger partial charge >= 0.3 is 6.03 Å². The highest BCUT2D eigenvalue weighted by Gasteiger charge is 2.26. The van der Waals surface area contributed by atoms with Crippen LogP contribution in [-0.4, -0.2) is 33.6 Å². The molecule has 0 saturated heterocycles. The van der Waals surface area contributed by atoms with Gasteiger partial charge in [0.1, 0.15) is 16.1 Å². The molecule has 4 aromatic rings. The molecule has 6 nitrogen and oxygen atoms in total. The van der Waals surface area contributed by atoms with Crippen molar-refractivity contribution in [2.24, 2.45) is 0 Å². The summed E-state index contributed by atoms with van der Waals surface area (Å²) in [5.74, 6) is -0.448. The minimum Gasteiger partial charge on any atom is -0.333 e. The van der Waals surface area contributed by atoms with Gasteiger partial charge in [0.2, 0.25) is 0 Å². The molecule has 1 N–H and O–H groups in total. The number of amides is 1. The van der Waals surface area contributed by atoms with E-state index in [1.54, 1.807) is 41.0 Å². The third kappa shape index (κ3) is 5.54. The molecule has 0 spiro atoms. The van der Waals surface area contributed by atoms with E-state index in [9.17, 15) is 9.18 Å². The van der Waals surface area contributed by atoms with Crippen molar-refractivity contribution in [2.75, 3.05) is 13.1 Å². The van der Waals surface area contributed by atoms with Gasteiger partial charge in [-0.25, -0.2) is 19.0 Å². The topological polar surface area (TPSA) is 54.5 Å². The van der Waals surface area contributed by atoms with Gasteiger partial charge in [0.25, 0.3) is 0 Å². The van der Waals surface area contributed by atoms with E-state index < -0.39 is 5.82 Å². The first-order valence-electron chi connectivity index (χ1n) is 11.8. The average Bonchev–Trinajstić information content (AvgIpc) is 3.21. The molecule has 1 aliphatic heterocycles. The van der Waals surface area contributed by atoms with Crippen LogP contribution in [0.15, 0.2) is 54.6 Å². The number of fused-ring (bicyclic) bond motifs is 3. The Morgan fingerprint density at radius 1 is 1.13 bits per heavy atom. The van der Waals surface area contributed by atoms with Gasteiger partial charge in [-0.05, 0) is 47.0 Å². The Labute approximate surface area is 234 Å². The van der Waals surface area contributed by atoms with Crippen LogP contribution < -0.4 is 5.32 Å². The molecular formula is C28H21Cl3FN5O. The second-order valence-corrected chi connectivity index (χ2v) is 10.1. The monoisotopic (exact) mass is 567 g/mol. The van der Waals surface area contributed by atoms with Crippen molar-refractivity contribution in [3.8, 4) is 0 Å². The molecule has 2 aromatic heterocycles. The lowest BCUT2D eigenvalue weighted by molar-refractivity contribution is 0.240. The summed E-state index contributed by atoms with van der Waals surface area (Å²) >= 11 is 17.8. The van der Waals surface area contributed by atoms with E-state index in [-0.39, 0.29) is 27.9 Å². The summed E-state index contributed by atoms with van der Waals surface area (Å²) in [6.45, 7) is 9.69. The van der Waals surface area contributed by atoms with Crippen molar-refractivity contribution in [1.82, 2.24) is 19.8 Å². The molecule has 10 heteroatoms. The maximum absolute atomic E-state index is 13.7. The number of carbonyl (C=O) groups is 1. The standard InChI is InChI=1S/C28H21Cl3FN5O/c1-33-19-5-6-20-21-16-36(9-2-3-17-4-7-22(29)23(32)11-17)10-8-24(21)37(25(20)14-19)28(38)34-15-18-12-26(30)35-27(31)13-18/h2-7,11-14H,8-10,15-16H2,(H,34,38)/b3-2+. The van der Waals surface area contributed by atoms with Crippen LogP contribution in [0, 0.1) is 12.4 Å². The van der Waals surface area contributed by atoms with Crippen molar-refractivity contribution in [3.05, 3.63) is 110 Å². The van der Waals surface area contributed by atoms with E-state index in [1.807, 2.05) is 18.2 Å². The number of halogens is 4. The summed E-state index contributed by atoms with van der Waals surface area (Å²) < 4.78 is 15.4. The number of pyridine rings is 1. The molecule has 0 unspecified atom stereocenters. The predicted molar refractivity (Wildman–Crippen MR) is 150 cm³/mol. The van der Waals surface area contributed by atoms with E-state index in [2.05, 4.69) is 20.0 Å². The number of rotatable bonds is 5. The molecule has 3 heterocycles. The lowest BCUT2D eigenvalue weighted by Crippen LogP contribution is -2.34. The van der Waals surface area contributed by atoms with Crippen LogP contribution >= 0.6 is 34.8 Å². The molecule has 0 bridgehead atoms. The van der Waals surface area contributed by atoms with E-state index in [4.69, 9.17) is 41.4 Å². The molecule has 0 saturated carbocycles. The maximum Gasteiger partial charge on any atom is 0.326 e. The summed E-state index contributed by atoms with van der Waals surface area (Å²) in [7, 11) is 0. The lowest BCUT2D eigenvalue weighted by Gasteiger charge is -2.27.